The Morgan fingerprint density at radius 2 is 2.04 bits per heavy atom. The van der Waals surface area contributed by atoms with Crippen LogP contribution in [0.25, 0.3) is 0 Å². The highest BCUT2D eigenvalue weighted by atomic mass is 32.2. The molecule has 8 heteroatoms. The number of nitrogens with one attached hydrogen (secondary N) is 1. The van der Waals surface area contributed by atoms with Gasteiger partial charge in [-0.25, -0.2) is 13.1 Å². The molecule has 24 heavy (non-hydrogen) atoms. The van der Waals surface area contributed by atoms with Crippen molar-refractivity contribution in [2.75, 3.05) is 6.61 Å². The minimum Gasteiger partial charge on any atom is -0.484 e. The second kappa shape index (κ2) is 6.27. The van der Waals surface area contributed by atoms with E-state index in [1.807, 2.05) is 16.9 Å². The number of carbonyl (C=O) groups is 1. The van der Waals surface area contributed by atoms with E-state index in [1.165, 1.54) is 25.0 Å². The van der Waals surface area contributed by atoms with Gasteiger partial charge in [0.15, 0.2) is 17.3 Å². The number of hydrogen-bond acceptors (Lipinski definition) is 6. The zero-order chi connectivity index (χ0) is 17.3. The summed E-state index contributed by atoms with van der Waals surface area (Å²) >= 11 is 0. The zero-order valence-corrected chi connectivity index (χ0v) is 14.3. The van der Waals surface area contributed by atoms with Crippen molar-refractivity contribution >= 4 is 15.9 Å². The number of ether oxygens (including phenoxy) is 1. The van der Waals surface area contributed by atoms with Crippen molar-refractivity contribution < 1.29 is 22.5 Å². The van der Waals surface area contributed by atoms with Crippen LogP contribution in [0.5, 0.6) is 5.75 Å². The largest absolute Gasteiger partial charge is 0.484 e. The van der Waals surface area contributed by atoms with E-state index in [4.69, 9.17) is 9.26 Å². The number of aryl methyl sites for hydroxylation is 4. The van der Waals surface area contributed by atoms with Crippen molar-refractivity contribution in [1.82, 2.24) is 9.88 Å². The van der Waals surface area contributed by atoms with Gasteiger partial charge in [0.25, 0.3) is 15.9 Å². The van der Waals surface area contributed by atoms with Gasteiger partial charge in [0.05, 0.1) is 0 Å². The maximum atomic E-state index is 12.2. The molecule has 0 fully saturated rings. The molecule has 128 valence electrons. The minimum absolute atomic E-state index is 0.117. The Morgan fingerprint density at radius 1 is 1.29 bits per heavy atom. The molecule has 0 radical (unpaired) electrons. The maximum Gasteiger partial charge on any atom is 0.271 e. The van der Waals surface area contributed by atoms with E-state index >= 15 is 0 Å². The number of aromatic nitrogens is 1. The summed E-state index contributed by atoms with van der Waals surface area (Å²) < 4.78 is 36.6. The van der Waals surface area contributed by atoms with Crippen LogP contribution in [0.1, 0.15) is 29.0 Å². The molecule has 3 rings (SSSR count). The van der Waals surface area contributed by atoms with Gasteiger partial charge in [0, 0.05) is 0 Å². The van der Waals surface area contributed by atoms with Gasteiger partial charge >= 0.3 is 0 Å². The van der Waals surface area contributed by atoms with Crippen LogP contribution in [0.4, 0.5) is 0 Å². The first-order chi connectivity index (χ1) is 11.4. The molecule has 0 saturated carbocycles. The number of amides is 1. The Hall–Kier alpha value is -2.35. The molecule has 2 aromatic rings. The van der Waals surface area contributed by atoms with Crippen LogP contribution < -0.4 is 9.46 Å². The Labute approximate surface area is 140 Å². The quantitative estimate of drug-likeness (QED) is 0.881. The van der Waals surface area contributed by atoms with Gasteiger partial charge in [-0.05, 0) is 56.4 Å². The average Bonchev–Trinajstić information content (AvgIpc) is 3.10. The average molecular weight is 350 g/mol. The van der Waals surface area contributed by atoms with Gasteiger partial charge in [0.1, 0.15) is 11.4 Å². The van der Waals surface area contributed by atoms with E-state index in [2.05, 4.69) is 5.16 Å². The molecule has 0 atom stereocenters. The van der Waals surface area contributed by atoms with Gasteiger partial charge in [-0.3, -0.25) is 4.79 Å². The number of rotatable bonds is 5. The van der Waals surface area contributed by atoms with Crippen LogP contribution in [-0.4, -0.2) is 26.1 Å². The SMILES string of the molecule is Cc1noc(C)c1S(=O)(=O)NC(=O)COc1ccc2c(c1)CCC2. The van der Waals surface area contributed by atoms with E-state index in [0.717, 1.165) is 19.3 Å². The number of fused-ring (bicyclic) bond motifs is 1. The number of nitrogens with zero attached hydrogens (tertiary/aromatic N) is 1. The van der Waals surface area contributed by atoms with Crippen molar-refractivity contribution in [1.29, 1.82) is 0 Å². The predicted molar refractivity (Wildman–Crippen MR) is 85.3 cm³/mol. The van der Waals surface area contributed by atoms with Gasteiger partial charge in [-0.15, -0.1) is 0 Å². The van der Waals surface area contributed by atoms with Crippen molar-refractivity contribution in [3.63, 3.8) is 0 Å². The van der Waals surface area contributed by atoms with Crippen molar-refractivity contribution in [3.8, 4) is 5.75 Å². The second-order valence-electron chi connectivity index (χ2n) is 5.75. The summed E-state index contributed by atoms with van der Waals surface area (Å²) in [6.07, 6.45) is 3.18. The normalized spacial score (nSPS) is 13.6. The number of hydrogen-bond donors (Lipinski definition) is 1. The summed E-state index contributed by atoms with van der Waals surface area (Å²) in [6.45, 7) is 2.58. The van der Waals surface area contributed by atoms with Crippen LogP contribution in [0.2, 0.25) is 0 Å². The van der Waals surface area contributed by atoms with Gasteiger partial charge < -0.3 is 9.26 Å². The van der Waals surface area contributed by atoms with Crippen LogP contribution >= 0.6 is 0 Å². The molecule has 1 aliphatic rings. The van der Waals surface area contributed by atoms with Crippen LogP contribution in [-0.2, 0) is 27.7 Å². The smallest absolute Gasteiger partial charge is 0.271 e. The molecular weight excluding hydrogens is 332 g/mol. The minimum atomic E-state index is -4.03. The maximum absolute atomic E-state index is 12.2. The molecule has 1 amide bonds. The summed E-state index contributed by atoms with van der Waals surface area (Å²) in [5.74, 6) is -0.0663. The third-order valence-electron chi connectivity index (χ3n) is 3.92. The molecule has 1 aromatic heterocycles. The molecule has 0 saturated heterocycles. The van der Waals surface area contributed by atoms with Gasteiger partial charge in [-0.1, -0.05) is 11.2 Å². The lowest BCUT2D eigenvalue weighted by atomic mass is 10.1. The lowest BCUT2D eigenvalue weighted by molar-refractivity contribution is -0.121. The summed E-state index contributed by atoms with van der Waals surface area (Å²) in [5, 5.41) is 3.58. The van der Waals surface area contributed by atoms with Gasteiger partial charge in [-0.2, -0.15) is 0 Å². The fourth-order valence-electron chi connectivity index (χ4n) is 2.88. The Balaban J connectivity index is 1.64. The lowest BCUT2D eigenvalue weighted by Gasteiger charge is -2.09. The highest BCUT2D eigenvalue weighted by Gasteiger charge is 2.26. The molecule has 7 nitrogen and oxygen atoms in total. The first-order valence-electron chi connectivity index (χ1n) is 7.60. The highest BCUT2D eigenvalue weighted by Crippen LogP contribution is 2.26. The molecule has 0 aliphatic heterocycles. The fourth-order valence-corrected chi connectivity index (χ4v) is 4.18. The summed E-state index contributed by atoms with van der Waals surface area (Å²) in [6, 6.07) is 5.68. The summed E-state index contributed by atoms with van der Waals surface area (Å²) in [4.78, 5) is 11.8. The Morgan fingerprint density at radius 3 is 2.75 bits per heavy atom. The van der Waals surface area contributed by atoms with E-state index in [1.54, 1.807) is 6.07 Å². The molecule has 0 unspecified atom stereocenters. The van der Waals surface area contributed by atoms with Crippen LogP contribution in [0.3, 0.4) is 0 Å². The van der Waals surface area contributed by atoms with Crippen LogP contribution in [0.15, 0.2) is 27.6 Å². The highest BCUT2D eigenvalue weighted by molar-refractivity contribution is 7.90. The summed E-state index contributed by atoms with van der Waals surface area (Å²) in [5.41, 5.74) is 2.72. The third-order valence-corrected chi connectivity index (χ3v) is 5.54. The summed E-state index contributed by atoms with van der Waals surface area (Å²) in [7, 11) is -4.03. The fraction of sp³-hybridized carbons (Fsp3) is 0.375. The van der Waals surface area contributed by atoms with E-state index in [-0.39, 0.29) is 23.0 Å². The Bertz CT molecular complexity index is 866. The third kappa shape index (κ3) is 3.28. The predicted octanol–water partition coefficient (Wildman–Crippen LogP) is 1.66. The molecular formula is C16H18N2O5S. The second-order valence-corrected chi connectivity index (χ2v) is 7.37. The first-order valence-corrected chi connectivity index (χ1v) is 9.08. The van der Waals surface area contributed by atoms with Crippen molar-refractivity contribution in [2.45, 2.75) is 38.0 Å². The molecule has 1 heterocycles. The van der Waals surface area contributed by atoms with Crippen LogP contribution in [0, 0.1) is 13.8 Å². The van der Waals surface area contributed by atoms with E-state index in [9.17, 15) is 13.2 Å². The Kier molecular flexibility index (Phi) is 4.31. The van der Waals surface area contributed by atoms with E-state index < -0.39 is 15.9 Å². The standard InChI is InChI=1S/C16H18N2O5S/c1-10-16(11(2)23-17-10)24(20,21)18-15(19)9-22-14-7-6-12-4-3-5-13(12)8-14/h6-8H,3-5,9H2,1-2H3,(H,18,19). The molecule has 0 bridgehead atoms. The number of benzene rings is 1. The first kappa shape index (κ1) is 16.5. The molecule has 1 N–H and O–H groups in total. The molecule has 1 aliphatic carbocycles. The van der Waals surface area contributed by atoms with Gasteiger partial charge in [0.2, 0.25) is 0 Å². The topological polar surface area (TPSA) is 98.5 Å². The lowest BCUT2D eigenvalue weighted by Crippen LogP contribution is -2.34. The zero-order valence-electron chi connectivity index (χ0n) is 13.5. The van der Waals surface area contributed by atoms with Crippen molar-refractivity contribution in [2.24, 2.45) is 0 Å². The number of carbonyl (C=O) groups excluding carboxylic acids is 1. The molecule has 0 spiro atoms. The van der Waals surface area contributed by atoms with E-state index in [0.29, 0.717) is 5.75 Å². The van der Waals surface area contributed by atoms with Crippen molar-refractivity contribution in [3.05, 3.63) is 40.8 Å². The monoisotopic (exact) mass is 350 g/mol. The number of sulfonamides is 1. The molecule has 1 aromatic carbocycles.